The van der Waals surface area contributed by atoms with Gasteiger partial charge < -0.3 is 0 Å². The van der Waals surface area contributed by atoms with Crippen molar-refractivity contribution in [2.45, 2.75) is 117 Å². The molecule has 2 fully saturated rings. The number of unbranched alkanes of at least 4 members (excludes halogenated alkanes) is 2. The first-order valence-corrected chi connectivity index (χ1v) is 13.1. The van der Waals surface area contributed by atoms with Crippen LogP contribution >= 0.6 is 0 Å². The van der Waals surface area contributed by atoms with Crippen LogP contribution < -0.4 is 0 Å². The Labute approximate surface area is 176 Å². The predicted octanol–water partition coefficient (Wildman–Crippen LogP) is 9.12. The summed E-state index contributed by atoms with van der Waals surface area (Å²) in [7, 11) is 0. The van der Waals surface area contributed by atoms with E-state index in [4.69, 9.17) is 0 Å². The molecule has 0 bridgehead atoms. The number of hydrogen-bond acceptors (Lipinski definition) is 0. The van der Waals surface area contributed by atoms with Gasteiger partial charge in [-0.1, -0.05) is 83.1 Å². The second kappa shape index (κ2) is 12.2. The molecule has 0 aromatic rings. The zero-order valence-electron chi connectivity index (χ0n) is 19.1. The molecule has 0 nitrogen and oxygen atoms in total. The summed E-state index contributed by atoms with van der Waals surface area (Å²) in [4.78, 5) is 0. The average molecular weight is 385 g/mol. The van der Waals surface area contributed by atoms with Crippen LogP contribution in [-0.2, 0) is 0 Å². The highest BCUT2D eigenvalue weighted by atomic mass is 14.4. The molecule has 3 rings (SSSR count). The molecule has 3 aliphatic carbocycles. The normalized spacial score (nSPS) is 36.8. The maximum absolute atomic E-state index is 2.61. The highest BCUT2D eigenvalue weighted by Gasteiger charge is 2.30. The van der Waals surface area contributed by atoms with Crippen LogP contribution in [0, 0.1) is 35.5 Å². The average Bonchev–Trinajstić information content (AvgIpc) is 2.75. The summed E-state index contributed by atoms with van der Waals surface area (Å²) >= 11 is 0. The maximum atomic E-state index is 2.61. The summed E-state index contributed by atoms with van der Waals surface area (Å²) in [5.41, 5.74) is 0. The number of allylic oxidation sites excluding steroid dienone is 4. The van der Waals surface area contributed by atoms with E-state index in [0.717, 1.165) is 35.5 Å². The van der Waals surface area contributed by atoms with Gasteiger partial charge in [-0.25, -0.2) is 0 Å². The number of hydrogen-bond donors (Lipinski definition) is 0. The molecule has 0 N–H and O–H groups in total. The lowest BCUT2D eigenvalue weighted by atomic mass is 9.68. The summed E-state index contributed by atoms with van der Waals surface area (Å²) in [6.07, 6.45) is 33.7. The van der Waals surface area contributed by atoms with Gasteiger partial charge in [0.25, 0.3) is 0 Å². The predicted molar refractivity (Wildman–Crippen MR) is 124 cm³/mol. The molecule has 2 unspecified atom stereocenters. The van der Waals surface area contributed by atoms with Gasteiger partial charge in [-0.15, -0.1) is 0 Å². The van der Waals surface area contributed by atoms with E-state index in [1.807, 2.05) is 0 Å². The van der Waals surface area contributed by atoms with Crippen LogP contribution in [0.15, 0.2) is 24.3 Å². The Bertz CT molecular complexity index is 456. The molecule has 0 radical (unpaired) electrons. The topological polar surface area (TPSA) is 0 Å². The maximum Gasteiger partial charge on any atom is -0.00531 e. The molecule has 0 aromatic carbocycles. The van der Waals surface area contributed by atoms with Gasteiger partial charge in [0.1, 0.15) is 0 Å². The summed E-state index contributed by atoms with van der Waals surface area (Å²) in [5, 5.41) is 0. The van der Waals surface area contributed by atoms with E-state index < -0.39 is 0 Å². The molecular formula is C28H48. The van der Waals surface area contributed by atoms with Crippen molar-refractivity contribution in [3.63, 3.8) is 0 Å². The van der Waals surface area contributed by atoms with E-state index in [-0.39, 0.29) is 0 Å². The fourth-order valence-electron chi connectivity index (χ4n) is 6.42. The van der Waals surface area contributed by atoms with Crippen molar-refractivity contribution in [3.8, 4) is 0 Å². The van der Waals surface area contributed by atoms with Gasteiger partial charge >= 0.3 is 0 Å². The van der Waals surface area contributed by atoms with Crippen LogP contribution in [0.5, 0.6) is 0 Å². The third-order valence-corrected chi connectivity index (χ3v) is 8.38. The highest BCUT2D eigenvalue weighted by Crippen LogP contribution is 2.42. The molecule has 0 heteroatoms. The Morgan fingerprint density at radius 1 is 0.643 bits per heavy atom. The van der Waals surface area contributed by atoms with Crippen molar-refractivity contribution in [2.24, 2.45) is 35.5 Å². The molecule has 0 amide bonds. The molecule has 3 aliphatic rings. The first-order valence-electron chi connectivity index (χ1n) is 13.1. The Balaban J connectivity index is 1.33. The summed E-state index contributed by atoms with van der Waals surface area (Å²) in [6, 6.07) is 0. The Hall–Kier alpha value is -0.520. The third-order valence-electron chi connectivity index (χ3n) is 8.38. The zero-order valence-corrected chi connectivity index (χ0v) is 19.1. The molecule has 2 atom stereocenters. The largest absolute Gasteiger partial charge is 0.0848 e. The molecule has 2 saturated carbocycles. The van der Waals surface area contributed by atoms with Crippen molar-refractivity contribution >= 4 is 0 Å². The van der Waals surface area contributed by atoms with Gasteiger partial charge in [0.2, 0.25) is 0 Å². The lowest BCUT2D eigenvalue weighted by molar-refractivity contribution is 0.152. The van der Waals surface area contributed by atoms with Gasteiger partial charge in [-0.05, 0) is 93.3 Å². The monoisotopic (exact) mass is 384 g/mol. The summed E-state index contributed by atoms with van der Waals surface area (Å²) in [6.45, 7) is 4.67. The SMILES string of the molecule is CCCCCC1C=CC(/C=C/C2CCC(C3CCC(CCC)CC3)CC2)CC1. The van der Waals surface area contributed by atoms with Crippen LogP contribution in [0.4, 0.5) is 0 Å². The van der Waals surface area contributed by atoms with Gasteiger partial charge in [-0.3, -0.25) is 0 Å². The summed E-state index contributed by atoms with van der Waals surface area (Å²) in [5.74, 6) is 5.68. The van der Waals surface area contributed by atoms with Crippen LogP contribution in [0.25, 0.3) is 0 Å². The molecule has 0 spiro atoms. The van der Waals surface area contributed by atoms with Gasteiger partial charge in [0.15, 0.2) is 0 Å². The smallest absolute Gasteiger partial charge is 0.00531 e. The van der Waals surface area contributed by atoms with Crippen molar-refractivity contribution in [2.75, 3.05) is 0 Å². The number of rotatable bonds is 9. The van der Waals surface area contributed by atoms with Crippen molar-refractivity contribution in [1.29, 1.82) is 0 Å². The van der Waals surface area contributed by atoms with Crippen molar-refractivity contribution < 1.29 is 0 Å². The Morgan fingerprint density at radius 3 is 1.96 bits per heavy atom. The second-order valence-corrected chi connectivity index (χ2v) is 10.5. The highest BCUT2D eigenvalue weighted by molar-refractivity contribution is 5.07. The van der Waals surface area contributed by atoms with Crippen LogP contribution in [0.1, 0.15) is 117 Å². The minimum Gasteiger partial charge on any atom is -0.0848 e. The minimum atomic E-state index is 0.731. The fraction of sp³-hybridized carbons (Fsp3) is 0.857. The van der Waals surface area contributed by atoms with E-state index in [1.165, 1.54) is 89.9 Å². The van der Waals surface area contributed by atoms with E-state index in [1.54, 1.807) is 12.8 Å². The first-order chi connectivity index (χ1) is 13.8. The lowest BCUT2D eigenvalue weighted by Gasteiger charge is -2.37. The van der Waals surface area contributed by atoms with Gasteiger partial charge in [0.05, 0.1) is 0 Å². The van der Waals surface area contributed by atoms with Crippen LogP contribution in [0.2, 0.25) is 0 Å². The van der Waals surface area contributed by atoms with Crippen LogP contribution in [0.3, 0.4) is 0 Å². The molecule has 0 aromatic heterocycles. The molecule has 28 heavy (non-hydrogen) atoms. The van der Waals surface area contributed by atoms with Crippen molar-refractivity contribution in [3.05, 3.63) is 24.3 Å². The molecule has 0 aliphatic heterocycles. The fourth-order valence-corrected chi connectivity index (χ4v) is 6.42. The molecule has 160 valence electrons. The molecule has 0 saturated heterocycles. The van der Waals surface area contributed by atoms with E-state index in [9.17, 15) is 0 Å². The summed E-state index contributed by atoms with van der Waals surface area (Å²) < 4.78 is 0. The van der Waals surface area contributed by atoms with E-state index in [2.05, 4.69) is 38.2 Å². The zero-order chi connectivity index (χ0) is 19.6. The quantitative estimate of drug-likeness (QED) is 0.274. The molecular weight excluding hydrogens is 336 g/mol. The van der Waals surface area contributed by atoms with Crippen LogP contribution in [-0.4, -0.2) is 0 Å². The Kier molecular flexibility index (Phi) is 9.69. The minimum absolute atomic E-state index is 0.731. The Morgan fingerprint density at radius 2 is 1.36 bits per heavy atom. The first kappa shape index (κ1) is 22.2. The van der Waals surface area contributed by atoms with E-state index in [0.29, 0.717) is 0 Å². The standard InChI is InChI=1S/C28H48/c1-3-5-6-8-24-9-11-25(12-10-24)13-14-26-17-21-28(22-18-26)27-19-15-23(7-4-2)16-20-27/h9,11,13-14,23-28H,3-8,10,12,15-22H2,1-2H3/b14-13+. The lowest BCUT2D eigenvalue weighted by Crippen LogP contribution is -2.25. The van der Waals surface area contributed by atoms with E-state index >= 15 is 0 Å². The van der Waals surface area contributed by atoms with Gasteiger partial charge in [-0.2, -0.15) is 0 Å². The third kappa shape index (κ3) is 7.07. The van der Waals surface area contributed by atoms with Gasteiger partial charge in [0, 0.05) is 0 Å². The second-order valence-electron chi connectivity index (χ2n) is 10.5. The molecule has 0 heterocycles. The van der Waals surface area contributed by atoms with Crippen molar-refractivity contribution in [1.82, 2.24) is 0 Å².